The highest BCUT2D eigenvalue weighted by molar-refractivity contribution is 5.66. The van der Waals surface area contributed by atoms with Gasteiger partial charge in [0.15, 0.2) is 0 Å². The molecule has 1 N–H and O–H groups in total. The summed E-state index contributed by atoms with van der Waals surface area (Å²) in [7, 11) is 0. The summed E-state index contributed by atoms with van der Waals surface area (Å²) in [6.07, 6.45) is 2.43. The zero-order valence-corrected chi connectivity index (χ0v) is 13.9. The van der Waals surface area contributed by atoms with Gasteiger partial charge in [-0.2, -0.15) is 0 Å². The third-order valence-electron chi connectivity index (χ3n) is 4.73. The van der Waals surface area contributed by atoms with E-state index in [4.69, 9.17) is 5.11 Å². The molecule has 3 rings (SSSR count). The smallest absolute Gasteiger partial charge is 0.449 e. The summed E-state index contributed by atoms with van der Waals surface area (Å²) in [6, 6.07) is 16.4. The molecule has 0 bridgehead atoms. The Morgan fingerprint density at radius 1 is 1.12 bits per heavy atom. The first-order chi connectivity index (χ1) is 11.6. The summed E-state index contributed by atoms with van der Waals surface area (Å²) in [4.78, 5) is 13.1. The molecule has 24 heavy (non-hydrogen) atoms. The Bertz CT molecular complexity index is 679. The lowest BCUT2D eigenvalue weighted by Crippen LogP contribution is -2.28. The van der Waals surface area contributed by atoms with Crippen LogP contribution in [0.15, 0.2) is 48.5 Å². The largest absolute Gasteiger partial charge is 0.511 e. The Labute approximate surface area is 142 Å². The first-order valence-corrected chi connectivity index (χ1v) is 8.46. The van der Waals surface area contributed by atoms with E-state index >= 15 is 0 Å². The minimum atomic E-state index is -1.29. The number of rotatable bonds is 5. The number of benzene rings is 2. The normalized spacial score (nSPS) is 17.8. The lowest BCUT2D eigenvalue weighted by Gasteiger charge is -2.20. The molecule has 0 aliphatic carbocycles. The number of carboxylic acid groups (broad SMARTS) is 1. The molecule has 2 aromatic rings. The van der Waals surface area contributed by atoms with Gasteiger partial charge in [-0.1, -0.05) is 36.4 Å². The van der Waals surface area contributed by atoms with Gasteiger partial charge in [-0.25, -0.2) is 4.79 Å². The van der Waals surface area contributed by atoms with Crippen molar-refractivity contribution >= 4 is 6.16 Å². The van der Waals surface area contributed by atoms with Crippen LogP contribution >= 0.6 is 0 Å². The topological polar surface area (TPSA) is 49.8 Å². The fourth-order valence-corrected chi connectivity index (χ4v) is 3.28. The van der Waals surface area contributed by atoms with Crippen molar-refractivity contribution < 1.29 is 14.6 Å². The first-order valence-electron chi connectivity index (χ1n) is 8.46. The van der Waals surface area contributed by atoms with E-state index in [9.17, 15) is 4.79 Å². The molecule has 1 atom stereocenters. The van der Waals surface area contributed by atoms with Crippen molar-refractivity contribution in [1.29, 1.82) is 0 Å². The third-order valence-corrected chi connectivity index (χ3v) is 4.73. The van der Waals surface area contributed by atoms with E-state index in [-0.39, 0.29) is 0 Å². The highest BCUT2D eigenvalue weighted by Crippen LogP contribution is 2.23. The van der Waals surface area contributed by atoms with Gasteiger partial charge in [0, 0.05) is 12.6 Å². The lowest BCUT2D eigenvalue weighted by molar-refractivity contribution is 0.144. The molecule has 1 aliphatic rings. The third kappa shape index (κ3) is 4.15. The van der Waals surface area contributed by atoms with E-state index in [0.29, 0.717) is 5.75 Å². The summed E-state index contributed by atoms with van der Waals surface area (Å²) >= 11 is 0. The summed E-state index contributed by atoms with van der Waals surface area (Å²) in [5, 5.41) is 8.60. The molecule has 1 fully saturated rings. The minimum absolute atomic E-state index is 0.336. The Kier molecular flexibility index (Phi) is 5.16. The van der Waals surface area contributed by atoms with Gasteiger partial charge in [0.05, 0.1) is 0 Å². The Morgan fingerprint density at radius 2 is 1.75 bits per heavy atom. The monoisotopic (exact) mass is 325 g/mol. The summed E-state index contributed by atoms with van der Waals surface area (Å²) < 4.78 is 4.63. The maximum atomic E-state index is 10.5. The van der Waals surface area contributed by atoms with Crippen LogP contribution in [0, 0.1) is 0 Å². The van der Waals surface area contributed by atoms with Crippen LogP contribution in [0.5, 0.6) is 5.75 Å². The van der Waals surface area contributed by atoms with Crippen molar-refractivity contribution in [1.82, 2.24) is 4.90 Å². The van der Waals surface area contributed by atoms with Crippen molar-refractivity contribution in [2.24, 2.45) is 0 Å². The van der Waals surface area contributed by atoms with E-state index in [0.717, 1.165) is 30.1 Å². The lowest BCUT2D eigenvalue weighted by atomic mass is 10.0. The number of nitrogens with zero attached hydrogens (tertiary/aromatic N) is 1. The van der Waals surface area contributed by atoms with E-state index in [1.54, 1.807) is 12.1 Å². The van der Waals surface area contributed by atoms with Gasteiger partial charge >= 0.3 is 6.16 Å². The zero-order valence-electron chi connectivity index (χ0n) is 13.9. The van der Waals surface area contributed by atoms with Crippen molar-refractivity contribution in [2.75, 3.05) is 13.1 Å². The standard InChI is InChI=1S/C20H23NO3/c1-15-3-2-13-21(15)14-12-16-4-6-17(7-5-16)18-8-10-19(11-9-18)24-20(22)23/h4-11,15H,2-3,12-14H2,1H3,(H,22,23)/t15-/m1/s1. The second-order valence-electron chi connectivity index (χ2n) is 6.37. The number of carbonyl (C=O) groups is 1. The Hall–Kier alpha value is -2.33. The average Bonchev–Trinajstić information content (AvgIpc) is 2.99. The maximum Gasteiger partial charge on any atom is 0.511 e. The van der Waals surface area contributed by atoms with Crippen LogP contribution in [-0.4, -0.2) is 35.3 Å². The molecule has 4 heteroatoms. The second kappa shape index (κ2) is 7.49. The van der Waals surface area contributed by atoms with Crippen LogP contribution in [0.1, 0.15) is 25.3 Å². The van der Waals surface area contributed by atoms with Crippen molar-refractivity contribution in [2.45, 2.75) is 32.2 Å². The van der Waals surface area contributed by atoms with E-state index < -0.39 is 6.16 Å². The molecule has 0 amide bonds. The van der Waals surface area contributed by atoms with Crippen molar-refractivity contribution in [3.8, 4) is 16.9 Å². The molecule has 4 nitrogen and oxygen atoms in total. The van der Waals surface area contributed by atoms with Gasteiger partial charge < -0.3 is 14.7 Å². The van der Waals surface area contributed by atoms with Gasteiger partial charge in [0.1, 0.15) is 5.75 Å². The van der Waals surface area contributed by atoms with Crippen LogP contribution in [0.2, 0.25) is 0 Å². The molecule has 0 unspecified atom stereocenters. The Morgan fingerprint density at radius 3 is 2.29 bits per heavy atom. The van der Waals surface area contributed by atoms with Crippen LogP contribution in [0.3, 0.4) is 0 Å². The number of hydrogen-bond donors (Lipinski definition) is 1. The van der Waals surface area contributed by atoms with Crippen molar-refractivity contribution in [3.63, 3.8) is 0 Å². The fourth-order valence-electron chi connectivity index (χ4n) is 3.28. The predicted molar refractivity (Wildman–Crippen MR) is 94.5 cm³/mol. The number of likely N-dealkylation sites (tertiary alicyclic amines) is 1. The molecule has 1 saturated heterocycles. The molecule has 0 aromatic heterocycles. The van der Waals surface area contributed by atoms with Crippen molar-refractivity contribution in [3.05, 3.63) is 54.1 Å². The first kappa shape index (κ1) is 16.5. The van der Waals surface area contributed by atoms with Crippen LogP contribution in [0.4, 0.5) is 4.79 Å². The maximum absolute atomic E-state index is 10.5. The quantitative estimate of drug-likeness (QED) is 0.652. The number of hydrogen-bond acceptors (Lipinski definition) is 3. The molecule has 1 aliphatic heterocycles. The van der Waals surface area contributed by atoms with Gasteiger partial charge in [-0.15, -0.1) is 0 Å². The van der Waals surface area contributed by atoms with Crippen LogP contribution in [0.25, 0.3) is 11.1 Å². The molecule has 1 heterocycles. The fraction of sp³-hybridized carbons (Fsp3) is 0.350. The summed E-state index contributed by atoms with van der Waals surface area (Å²) in [6.45, 7) is 4.67. The van der Waals surface area contributed by atoms with E-state index in [2.05, 4.69) is 40.8 Å². The highest BCUT2D eigenvalue weighted by Gasteiger charge is 2.19. The predicted octanol–water partition coefficient (Wildman–Crippen LogP) is 4.44. The minimum Gasteiger partial charge on any atom is -0.449 e. The molecule has 0 radical (unpaired) electrons. The Balaban J connectivity index is 1.60. The molecular formula is C20H23NO3. The zero-order chi connectivity index (χ0) is 16.9. The molecule has 0 spiro atoms. The second-order valence-corrected chi connectivity index (χ2v) is 6.37. The molecule has 126 valence electrons. The van der Waals surface area contributed by atoms with Gasteiger partial charge in [0.2, 0.25) is 0 Å². The van der Waals surface area contributed by atoms with Gasteiger partial charge in [-0.3, -0.25) is 0 Å². The van der Waals surface area contributed by atoms with E-state index in [1.807, 2.05) is 12.1 Å². The number of ether oxygens (including phenoxy) is 1. The average molecular weight is 325 g/mol. The summed E-state index contributed by atoms with van der Waals surface area (Å²) in [5.41, 5.74) is 3.52. The van der Waals surface area contributed by atoms with Gasteiger partial charge in [0.25, 0.3) is 0 Å². The van der Waals surface area contributed by atoms with Gasteiger partial charge in [-0.05, 0) is 61.6 Å². The molecular weight excluding hydrogens is 302 g/mol. The molecule has 2 aromatic carbocycles. The van der Waals surface area contributed by atoms with E-state index in [1.165, 1.54) is 24.9 Å². The summed E-state index contributed by atoms with van der Waals surface area (Å²) in [5.74, 6) is 0.336. The van der Waals surface area contributed by atoms with Crippen LogP contribution < -0.4 is 4.74 Å². The highest BCUT2D eigenvalue weighted by atomic mass is 16.7. The SMILES string of the molecule is C[C@@H]1CCCN1CCc1ccc(-c2ccc(OC(=O)O)cc2)cc1. The molecule has 0 saturated carbocycles. The van der Waals surface area contributed by atoms with Crippen LogP contribution in [-0.2, 0) is 6.42 Å².